The third-order valence-electron chi connectivity index (χ3n) is 5.89. The number of ether oxygens (including phenoxy) is 1. The van der Waals surface area contributed by atoms with Gasteiger partial charge in [0.25, 0.3) is 11.5 Å². The fourth-order valence-electron chi connectivity index (χ4n) is 4.26. The van der Waals surface area contributed by atoms with Crippen LogP contribution in [0.4, 0.5) is 0 Å². The van der Waals surface area contributed by atoms with Gasteiger partial charge in [-0.1, -0.05) is 18.2 Å². The molecule has 0 radical (unpaired) electrons. The number of rotatable bonds is 5. The standard InChI is InChI=1S/C23H28N2O3/c1-16-10-11-25(15-20-7-4-12-28-20)23(27)21(16)22(26)24-14-17-8-9-18-5-2-3-6-19(18)13-17/h8-11,13,20H,2-7,12,14-15H2,1H3,(H,24,26). The summed E-state index contributed by atoms with van der Waals surface area (Å²) in [5.41, 5.74) is 4.61. The zero-order chi connectivity index (χ0) is 19.5. The van der Waals surface area contributed by atoms with E-state index in [0.717, 1.165) is 37.9 Å². The number of carbonyl (C=O) groups is 1. The molecule has 1 saturated heterocycles. The molecule has 5 nitrogen and oxygen atoms in total. The lowest BCUT2D eigenvalue weighted by molar-refractivity contribution is 0.0928. The van der Waals surface area contributed by atoms with Crippen molar-refractivity contribution in [3.63, 3.8) is 0 Å². The number of amides is 1. The minimum Gasteiger partial charge on any atom is -0.376 e. The summed E-state index contributed by atoms with van der Waals surface area (Å²) in [6.45, 7) is 3.50. The van der Waals surface area contributed by atoms with Crippen LogP contribution in [0.2, 0.25) is 0 Å². The van der Waals surface area contributed by atoms with Crippen molar-refractivity contribution in [3.8, 4) is 0 Å². The molecular weight excluding hydrogens is 352 g/mol. The van der Waals surface area contributed by atoms with E-state index in [2.05, 4.69) is 23.5 Å². The van der Waals surface area contributed by atoms with E-state index in [9.17, 15) is 9.59 Å². The first-order chi connectivity index (χ1) is 13.6. The molecule has 1 N–H and O–H groups in total. The average Bonchev–Trinajstić information content (AvgIpc) is 3.22. The molecule has 1 amide bonds. The van der Waals surface area contributed by atoms with E-state index in [-0.39, 0.29) is 23.1 Å². The molecule has 1 unspecified atom stereocenters. The highest BCUT2D eigenvalue weighted by atomic mass is 16.5. The molecule has 2 heterocycles. The highest BCUT2D eigenvalue weighted by molar-refractivity contribution is 5.95. The monoisotopic (exact) mass is 380 g/mol. The van der Waals surface area contributed by atoms with Crippen LogP contribution in [0, 0.1) is 6.92 Å². The molecule has 1 atom stereocenters. The van der Waals surface area contributed by atoms with Crippen molar-refractivity contribution < 1.29 is 9.53 Å². The molecule has 0 spiro atoms. The first-order valence-corrected chi connectivity index (χ1v) is 10.3. The summed E-state index contributed by atoms with van der Waals surface area (Å²) in [6, 6.07) is 8.29. The third kappa shape index (κ3) is 4.04. The largest absolute Gasteiger partial charge is 0.376 e. The Morgan fingerprint density at radius 3 is 2.79 bits per heavy atom. The molecule has 2 aromatic rings. The fraction of sp³-hybridized carbons (Fsp3) is 0.478. The van der Waals surface area contributed by atoms with E-state index in [4.69, 9.17) is 4.74 Å². The topological polar surface area (TPSA) is 60.3 Å². The summed E-state index contributed by atoms with van der Waals surface area (Å²) in [5, 5.41) is 2.94. The maximum Gasteiger partial charge on any atom is 0.263 e. The van der Waals surface area contributed by atoms with Crippen molar-refractivity contribution in [3.05, 3.63) is 68.6 Å². The lowest BCUT2D eigenvalue weighted by Gasteiger charge is -2.17. The second-order valence-corrected chi connectivity index (χ2v) is 7.96. The van der Waals surface area contributed by atoms with Crippen LogP contribution in [-0.4, -0.2) is 23.2 Å². The lowest BCUT2D eigenvalue weighted by atomic mass is 9.90. The van der Waals surface area contributed by atoms with E-state index in [1.54, 1.807) is 10.8 Å². The van der Waals surface area contributed by atoms with Gasteiger partial charge in [0.05, 0.1) is 12.6 Å². The summed E-state index contributed by atoms with van der Waals surface area (Å²) in [5.74, 6) is -0.304. The number of hydrogen-bond acceptors (Lipinski definition) is 3. The molecule has 1 fully saturated rings. The number of fused-ring (bicyclic) bond motifs is 1. The van der Waals surface area contributed by atoms with Gasteiger partial charge in [-0.25, -0.2) is 0 Å². The van der Waals surface area contributed by atoms with Gasteiger partial charge < -0.3 is 14.6 Å². The van der Waals surface area contributed by atoms with Gasteiger partial charge in [0.1, 0.15) is 5.56 Å². The van der Waals surface area contributed by atoms with E-state index in [1.807, 2.05) is 13.0 Å². The SMILES string of the molecule is Cc1ccn(CC2CCCO2)c(=O)c1C(=O)NCc1ccc2c(c1)CCCC2. The molecule has 5 heteroatoms. The first kappa shape index (κ1) is 18.9. The summed E-state index contributed by atoms with van der Waals surface area (Å²) in [7, 11) is 0. The van der Waals surface area contributed by atoms with Gasteiger partial charge in [-0.05, 0) is 73.8 Å². The maximum atomic E-state index is 12.9. The van der Waals surface area contributed by atoms with Crippen LogP contribution in [-0.2, 0) is 30.7 Å². The van der Waals surface area contributed by atoms with Gasteiger partial charge in [0.2, 0.25) is 0 Å². The molecule has 28 heavy (non-hydrogen) atoms. The number of carbonyl (C=O) groups excluding carboxylic acids is 1. The Morgan fingerprint density at radius 2 is 2.00 bits per heavy atom. The number of pyridine rings is 1. The molecule has 1 aromatic heterocycles. The van der Waals surface area contributed by atoms with Crippen LogP contribution < -0.4 is 10.9 Å². The van der Waals surface area contributed by atoms with Gasteiger partial charge >= 0.3 is 0 Å². The Morgan fingerprint density at radius 1 is 1.18 bits per heavy atom. The molecule has 148 valence electrons. The van der Waals surface area contributed by atoms with Gasteiger partial charge in [-0.3, -0.25) is 9.59 Å². The summed E-state index contributed by atoms with van der Waals surface area (Å²) >= 11 is 0. The molecule has 0 bridgehead atoms. The number of nitrogens with one attached hydrogen (secondary N) is 1. The summed E-state index contributed by atoms with van der Waals surface area (Å²) in [4.78, 5) is 25.7. The Bertz CT molecular complexity index is 926. The third-order valence-corrected chi connectivity index (χ3v) is 5.89. The van der Waals surface area contributed by atoms with Crippen LogP contribution in [0.3, 0.4) is 0 Å². The molecular formula is C23H28N2O3. The predicted octanol–water partition coefficient (Wildman–Crippen LogP) is 3.14. The number of nitrogens with zero attached hydrogens (tertiary/aromatic N) is 1. The Labute approximate surface area is 165 Å². The number of aromatic nitrogens is 1. The van der Waals surface area contributed by atoms with E-state index in [0.29, 0.717) is 18.7 Å². The predicted molar refractivity (Wildman–Crippen MR) is 109 cm³/mol. The van der Waals surface area contributed by atoms with Gasteiger partial charge in [-0.15, -0.1) is 0 Å². The minimum atomic E-state index is -0.304. The van der Waals surface area contributed by atoms with Crippen molar-refractivity contribution in [2.24, 2.45) is 0 Å². The normalized spacial score (nSPS) is 18.7. The smallest absolute Gasteiger partial charge is 0.263 e. The minimum absolute atomic E-state index is 0.0619. The average molecular weight is 380 g/mol. The van der Waals surface area contributed by atoms with Crippen molar-refractivity contribution in [1.82, 2.24) is 9.88 Å². The second-order valence-electron chi connectivity index (χ2n) is 7.96. The first-order valence-electron chi connectivity index (χ1n) is 10.3. The molecule has 2 aliphatic rings. The van der Waals surface area contributed by atoms with Gasteiger partial charge in [0.15, 0.2) is 0 Å². The Kier molecular flexibility index (Phi) is 5.62. The Hall–Kier alpha value is -2.40. The van der Waals surface area contributed by atoms with E-state index >= 15 is 0 Å². The van der Waals surface area contributed by atoms with Gasteiger partial charge in [0, 0.05) is 19.3 Å². The molecule has 1 aliphatic heterocycles. The van der Waals surface area contributed by atoms with Crippen molar-refractivity contribution in [2.75, 3.05) is 6.61 Å². The quantitative estimate of drug-likeness (QED) is 0.867. The fourth-order valence-corrected chi connectivity index (χ4v) is 4.26. The highest BCUT2D eigenvalue weighted by Crippen LogP contribution is 2.22. The van der Waals surface area contributed by atoms with Crippen LogP contribution in [0.5, 0.6) is 0 Å². The molecule has 0 saturated carbocycles. The van der Waals surface area contributed by atoms with Crippen LogP contribution >= 0.6 is 0 Å². The van der Waals surface area contributed by atoms with Crippen molar-refractivity contribution >= 4 is 5.91 Å². The lowest BCUT2D eigenvalue weighted by Crippen LogP contribution is -2.35. The van der Waals surface area contributed by atoms with Crippen LogP contribution in [0.25, 0.3) is 0 Å². The summed E-state index contributed by atoms with van der Waals surface area (Å²) in [6.07, 6.45) is 8.56. The van der Waals surface area contributed by atoms with Crippen molar-refractivity contribution in [1.29, 1.82) is 0 Å². The number of aryl methyl sites for hydroxylation is 3. The highest BCUT2D eigenvalue weighted by Gasteiger charge is 2.20. The Balaban J connectivity index is 1.47. The van der Waals surface area contributed by atoms with Crippen LogP contribution in [0.1, 0.15) is 58.3 Å². The van der Waals surface area contributed by atoms with Gasteiger partial charge in [-0.2, -0.15) is 0 Å². The zero-order valence-corrected chi connectivity index (χ0v) is 16.5. The maximum absolute atomic E-state index is 12.9. The zero-order valence-electron chi connectivity index (χ0n) is 16.5. The molecule has 1 aliphatic carbocycles. The van der Waals surface area contributed by atoms with E-state index < -0.39 is 0 Å². The van der Waals surface area contributed by atoms with Crippen LogP contribution in [0.15, 0.2) is 35.3 Å². The number of benzene rings is 1. The van der Waals surface area contributed by atoms with Crippen molar-refractivity contribution in [2.45, 2.75) is 64.6 Å². The molecule has 1 aromatic carbocycles. The number of hydrogen-bond donors (Lipinski definition) is 1. The second kappa shape index (κ2) is 8.31. The summed E-state index contributed by atoms with van der Waals surface area (Å²) < 4.78 is 7.24. The molecule has 4 rings (SSSR count). The van der Waals surface area contributed by atoms with E-state index in [1.165, 1.54) is 24.0 Å².